The standard InChI is InChI=1S/C22H25NO4/c1-3-22(4-2)14-17(16-7-5-6-8-18(16)27-22)23-21(24)15-9-10-19-20(13-15)26-12-11-25-19/h5-10,13,17H,3-4,11-12,14H2,1-2H3,(H,23,24)/t17-/m1/s1. The summed E-state index contributed by atoms with van der Waals surface area (Å²) in [6, 6.07) is 13.2. The molecule has 27 heavy (non-hydrogen) atoms. The first-order chi connectivity index (χ1) is 13.1. The van der Waals surface area contributed by atoms with Gasteiger partial charge in [0, 0.05) is 17.5 Å². The van der Waals surface area contributed by atoms with Crippen LogP contribution < -0.4 is 19.5 Å². The number of amides is 1. The number of ether oxygens (including phenoxy) is 3. The predicted molar refractivity (Wildman–Crippen MR) is 103 cm³/mol. The monoisotopic (exact) mass is 367 g/mol. The molecular weight excluding hydrogens is 342 g/mol. The maximum absolute atomic E-state index is 12.9. The maximum atomic E-state index is 12.9. The Labute approximate surface area is 159 Å². The van der Waals surface area contributed by atoms with Crippen LogP contribution in [0.25, 0.3) is 0 Å². The van der Waals surface area contributed by atoms with Gasteiger partial charge in [-0.1, -0.05) is 32.0 Å². The van der Waals surface area contributed by atoms with Crippen LogP contribution >= 0.6 is 0 Å². The van der Waals surface area contributed by atoms with Crippen molar-refractivity contribution in [1.82, 2.24) is 5.32 Å². The van der Waals surface area contributed by atoms with E-state index in [9.17, 15) is 4.79 Å². The first-order valence-corrected chi connectivity index (χ1v) is 9.62. The first kappa shape index (κ1) is 17.7. The molecule has 1 atom stereocenters. The molecule has 2 heterocycles. The molecule has 0 spiro atoms. The lowest BCUT2D eigenvalue weighted by atomic mass is 9.83. The molecule has 0 unspecified atom stereocenters. The van der Waals surface area contributed by atoms with E-state index in [1.807, 2.05) is 24.3 Å². The van der Waals surface area contributed by atoms with Crippen LogP contribution in [0, 0.1) is 0 Å². The highest BCUT2D eigenvalue weighted by Crippen LogP contribution is 2.42. The summed E-state index contributed by atoms with van der Waals surface area (Å²) in [4.78, 5) is 12.9. The molecule has 2 aliphatic rings. The second kappa shape index (κ2) is 7.14. The third kappa shape index (κ3) is 3.34. The van der Waals surface area contributed by atoms with Gasteiger partial charge in [0.2, 0.25) is 0 Å². The van der Waals surface area contributed by atoms with E-state index in [0.29, 0.717) is 30.3 Å². The van der Waals surface area contributed by atoms with Crippen molar-refractivity contribution in [2.45, 2.75) is 44.8 Å². The van der Waals surface area contributed by atoms with Crippen LogP contribution in [0.2, 0.25) is 0 Å². The van der Waals surface area contributed by atoms with E-state index in [4.69, 9.17) is 14.2 Å². The van der Waals surface area contributed by atoms with Crippen LogP contribution in [-0.2, 0) is 0 Å². The topological polar surface area (TPSA) is 56.8 Å². The van der Waals surface area contributed by atoms with Gasteiger partial charge in [-0.05, 0) is 37.1 Å². The number of fused-ring (bicyclic) bond motifs is 2. The lowest BCUT2D eigenvalue weighted by Gasteiger charge is -2.41. The van der Waals surface area contributed by atoms with Gasteiger partial charge in [-0.25, -0.2) is 0 Å². The molecule has 2 aromatic carbocycles. The Morgan fingerprint density at radius 2 is 1.78 bits per heavy atom. The van der Waals surface area contributed by atoms with Gasteiger partial charge >= 0.3 is 0 Å². The van der Waals surface area contributed by atoms with E-state index in [-0.39, 0.29) is 17.6 Å². The third-order valence-corrected chi connectivity index (χ3v) is 5.60. The normalized spacial score (nSPS) is 19.6. The van der Waals surface area contributed by atoms with Crippen LogP contribution in [0.5, 0.6) is 17.2 Å². The Bertz CT molecular complexity index is 844. The van der Waals surface area contributed by atoms with Gasteiger partial charge in [-0.2, -0.15) is 0 Å². The molecule has 2 aliphatic heterocycles. The zero-order chi connectivity index (χ0) is 18.9. The molecule has 0 fully saturated rings. The summed E-state index contributed by atoms with van der Waals surface area (Å²) in [7, 11) is 0. The molecule has 4 rings (SSSR count). The van der Waals surface area contributed by atoms with Crippen molar-refractivity contribution in [3.8, 4) is 17.2 Å². The van der Waals surface area contributed by atoms with Crippen molar-refractivity contribution in [2.24, 2.45) is 0 Å². The number of para-hydroxylation sites is 1. The van der Waals surface area contributed by atoms with Gasteiger partial charge in [0.05, 0.1) is 6.04 Å². The highest BCUT2D eigenvalue weighted by molar-refractivity contribution is 5.95. The van der Waals surface area contributed by atoms with Crippen LogP contribution in [0.3, 0.4) is 0 Å². The predicted octanol–water partition coefficient (Wildman–Crippen LogP) is 4.27. The number of nitrogens with one attached hydrogen (secondary N) is 1. The minimum absolute atomic E-state index is 0.0875. The molecule has 5 heteroatoms. The number of benzene rings is 2. The maximum Gasteiger partial charge on any atom is 0.251 e. The number of carbonyl (C=O) groups excluding carboxylic acids is 1. The van der Waals surface area contributed by atoms with Gasteiger partial charge in [-0.15, -0.1) is 0 Å². The molecule has 2 aromatic rings. The molecule has 0 bridgehead atoms. The van der Waals surface area contributed by atoms with E-state index in [0.717, 1.165) is 30.6 Å². The lowest BCUT2D eigenvalue weighted by molar-refractivity contribution is 0.0227. The van der Waals surface area contributed by atoms with Crippen molar-refractivity contribution in [1.29, 1.82) is 0 Å². The number of hydrogen-bond acceptors (Lipinski definition) is 4. The summed E-state index contributed by atoms with van der Waals surface area (Å²) in [5.74, 6) is 2.05. The van der Waals surface area contributed by atoms with Crippen LogP contribution in [0.1, 0.15) is 55.1 Å². The molecular formula is C22H25NO4. The summed E-state index contributed by atoms with van der Waals surface area (Å²) < 4.78 is 17.5. The second-order valence-electron chi connectivity index (χ2n) is 7.12. The molecule has 1 N–H and O–H groups in total. The lowest BCUT2D eigenvalue weighted by Crippen LogP contribution is -2.44. The molecule has 1 amide bonds. The Kier molecular flexibility index (Phi) is 4.68. The second-order valence-corrected chi connectivity index (χ2v) is 7.12. The summed E-state index contributed by atoms with van der Waals surface area (Å²) in [6.07, 6.45) is 2.55. The van der Waals surface area contributed by atoms with Crippen molar-refractivity contribution < 1.29 is 19.0 Å². The van der Waals surface area contributed by atoms with Crippen molar-refractivity contribution in [3.05, 3.63) is 53.6 Å². The molecule has 5 nitrogen and oxygen atoms in total. The SMILES string of the molecule is CCC1(CC)C[C@@H](NC(=O)c2ccc3c(c2)OCCO3)c2ccccc2O1. The molecule has 0 radical (unpaired) electrons. The molecule has 0 saturated carbocycles. The first-order valence-electron chi connectivity index (χ1n) is 9.62. The fraction of sp³-hybridized carbons (Fsp3) is 0.409. The fourth-order valence-electron chi connectivity index (χ4n) is 3.86. The quantitative estimate of drug-likeness (QED) is 0.877. The zero-order valence-electron chi connectivity index (χ0n) is 15.8. The van der Waals surface area contributed by atoms with Crippen molar-refractivity contribution in [3.63, 3.8) is 0 Å². The average Bonchev–Trinajstić information content (AvgIpc) is 2.73. The largest absolute Gasteiger partial charge is 0.487 e. The smallest absolute Gasteiger partial charge is 0.251 e. The van der Waals surface area contributed by atoms with Crippen molar-refractivity contribution in [2.75, 3.05) is 13.2 Å². The van der Waals surface area contributed by atoms with Gasteiger partial charge in [0.15, 0.2) is 11.5 Å². The minimum Gasteiger partial charge on any atom is -0.487 e. The van der Waals surface area contributed by atoms with Crippen LogP contribution in [-0.4, -0.2) is 24.7 Å². The Morgan fingerprint density at radius 1 is 1.04 bits per heavy atom. The Balaban J connectivity index is 1.60. The minimum atomic E-state index is -0.251. The number of rotatable bonds is 4. The summed E-state index contributed by atoms with van der Waals surface area (Å²) in [5, 5.41) is 3.21. The van der Waals surface area contributed by atoms with Crippen LogP contribution in [0.4, 0.5) is 0 Å². The molecule has 0 aromatic heterocycles. The van der Waals surface area contributed by atoms with Crippen molar-refractivity contribution >= 4 is 5.91 Å². The zero-order valence-corrected chi connectivity index (χ0v) is 15.8. The highest BCUT2D eigenvalue weighted by atomic mass is 16.6. The van der Waals surface area contributed by atoms with Gasteiger partial charge in [0.25, 0.3) is 5.91 Å². The molecule has 0 saturated heterocycles. The van der Waals surface area contributed by atoms with Crippen LogP contribution in [0.15, 0.2) is 42.5 Å². The van der Waals surface area contributed by atoms with Gasteiger partial charge < -0.3 is 19.5 Å². The third-order valence-electron chi connectivity index (χ3n) is 5.60. The fourth-order valence-corrected chi connectivity index (χ4v) is 3.86. The molecule has 0 aliphatic carbocycles. The summed E-state index contributed by atoms with van der Waals surface area (Å²) >= 11 is 0. The van der Waals surface area contributed by atoms with Gasteiger partial charge in [-0.3, -0.25) is 4.79 Å². The van der Waals surface area contributed by atoms with E-state index in [2.05, 4.69) is 19.2 Å². The number of hydrogen-bond donors (Lipinski definition) is 1. The highest BCUT2D eigenvalue weighted by Gasteiger charge is 2.39. The average molecular weight is 367 g/mol. The van der Waals surface area contributed by atoms with E-state index in [1.54, 1.807) is 18.2 Å². The summed E-state index contributed by atoms with van der Waals surface area (Å²) in [5.41, 5.74) is 1.35. The number of carbonyl (C=O) groups is 1. The molecule has 142 valence electrons. The summed E-state index contributed by atoms with van der Waals surface area (Å²) in [6.45, 7) is 5.31. The Hall–Kier alpha value is -2.69. The van der Waals surface area contributed by atoms with E-state index < -0.39 is 0 Å². The van der Waals surface area contributed by atoms with Gasteiger partial charge in [0.1, 0.15) is 24.6 Å². The Morgan fingerprint density at radius 3 is 2.56 bits per heavy atom. The van der Waals surface area contributed by atoms with E-state index >= 15 is 0 Å². The van der Waals surface area contributed by atoms with E-state index in [1.165, 1.54) is 0 Å².